The molecule has 0 radical (unpaired) electrons. The van der Waals surface area contributed by atoms with Crippen molar-refractivity contribution in [3.63, 3.8) is 0 Å². The summed E-state index contributed by atoms with van der Waals surface area (Å²) in [7, 11) is 0. The van der Waals surface area contributed by atoms with E-state index in [4.69, 9.17) is 5.11 Å². The van der Waals surface area contributed by atoms with Gasteiger partial charge in [0.25, 0.3) is 0 Å². The van der Waals surface area contributed by atoms with Crippen LogP contribution in [0.4, 0.5) is 0 Å². The molecule has 0 saturated carbocycles. The van der Waals surface area contributed by atoms with E-state index in [1.165, 1.54) is 18.2 Å². The lowest BCUT2D eigenvalue weighted by molar-refractivity contribution is 0.0696. The van der Waals surface area contributed by atoms with Gasteiger partial charge in [-0.25, -0.2) is 4.79 Å². The standard InChI is InChI=1S/C9H6Br2O3/c10-4-8(12)6-2-1-5(9(13)14)3-7(6)11/h1-3H,4H2,(H,13,14). The van der Waals surface area contributed by atoms with Crippen molar-refractivity contribution in [2.24, 2.45) is 0 Å². The summed E-state index contributed by atoms with van der Waals surface area (Å²) < 4.78 is 0.502. The molecule has 0 aliphatic heterocycles. The molecule has 0 aliphatic carbocycles. The first kappa shape index (κ1) is 11.4. The van der Waals surface area contributed by atoms with Crippen LogP contribution in [0.25, 0.3) is 0 Å². The molecule has 0 aliphatic rings. The molecule has 1 aromatic carbocycles. The third kappa shape index (κ3) is 2.42. The zero-order valence-corrected chi connectivity index (χ0v) is 10.1. The second-order valence-electron chi connectivity index (χ2n) is 2.56. The van der Waals surface area contributed by atoms with Gasteiger partial charge in [-0.05, 0) is 18.2 Å². The summed E-state index contributed by atoms with van der Waals surface area (Å²) in [5, 5.41) is 8.90. The van der Waals surface area contributed by atoms with E-state index in [-0.39, 0.29) is 16.7 Å². The van der Waals surface area contributed by atoms with Gasteiger partial charge in [-0.15, -0.1) is 0 Å². The number of rotatable bonds is 3. The number of carboxylic acid groups (broad SMARTS) is 1. The minimum atomic E-state index is -1.01. The van der Waals surface area contributed by atoms with E-state index in [0.717, 1.165) is 0 Å². The number of Topliss-reactive ketones (excluding diaryl/α,β-unsaturated/α-hetero) is 1. The van der Waals surface area contributed by atoms with E-state index in [1.807, 2.05) is 0 Å². The van der Waals surface area contributed by atoms with Gasteiger partial charge in [0.05, 0.1) is 10.9 Å². The zero-order valence-electron chi connectivity index (χ0n) is 6.96. The van der Waals surface area contributed by atoms with Crippen molar-refractivity contribution in [3.05, 3.63) is 33.8 Å². The van der Waals surface area contributed by atoms with Gasteiger partial charge >= 0.3 is 5.97 Å². The molecule has 0 aromatic heterocycles. The molecule has 0 heterocycles. The smallest absolute Gasteiger partial charge is 0.335 e. The van der Waals surface area contributed by atoms with Crippen LogP contribution >= 0.6 is 31.9 Å². The van der Waals surface area contributed by atoms with Crippen molar-refractivity contribution in [3.8, 4) is 0 Å². The van der Waals surface area contributed by atoms with Crippen LogP contribution in [0, 0.1) is 0 Å². The van der Waals surface area contributed by atoms with Crippen LogP contribution in [0.2, 0.25) is 0 Å². The van der Waals surface area contributed by atoms with Crippen molar-refractivity contribution in [1.82, 2.24) is 0 Å². The van der Waals surface area contributed by atoms with Crippen molar-refractivity contribution in [2.75, 3.05) is 5.33 Å². The third-order valence-corrected chi connectivity index (χ3v) is 2.80. The number of carboxylic acids is 1. The predicted octanol–water partition coefficient (Wildman–Crippen LogP) is 2.72. The van der Waals surface area contributed by atoms with Gasteiger partial charge in [0.1, 0.15) is 0 Å². The van der Waals surface area contributed by atoms with Crippen LogP contribution in [-0.4, -0.2) is 22.2 Å². The number of carbonyl (C=O) groups excluding carboxylic acids is 1. The molecule has 1 rings (SSSR count). The first-order valence-corrected chi connectivity index (χ1v) is 5.59. The molecular weight excluding hydrogens is 316 g/mol. The molecular formula is C9H6Br2O3. The van der Waals surface area contributed by atoms with Gasteiger partial charge in [0, 0.05) is 10.0 Å². The minimum absolute atomic E-state index is 0.0891. The van der Waals surface area contributed by atoms with Gasteiger partial charge in [-0.2, -0.15) is 0 Å². The van der Waals surface area contributed by atoms with Crippen LogP contribution < -0.4 is 0 Å². The van der Waals surface area contributed by atoms with E-state index < -0.39 is 5.97 Å². The molecule has 1 aromatic rings. The van der Waals surface area contributed by atoms with Crippen LogP contribution in [-0.2, 0) is 0 Å². The average Bonchev–Trinajstić information content (AvgIpc) is 2.16. The number of alkyl halides is 1. The van der Waals surface area contributed by atoms with Crippen LogP contribution in [0.15, 0.2) is 22.7 Å². The Hall–Kier alpha value is -0.680. The number of ketones is 1. The summed E-state index contributed by atoms with van der Waals surface area (Å²) in [5.41, 5.74) is 0.634. The van der Waals surface area contributed by atoms with Crippen molar-refractivity contribution in [2.45, 2.75) is 0 Å². The number of benzene rings is 1. The van der Waals surface area contributed by atoms with Gasteiger partial charge in [0.2, 0.25) is 0 Å². The Bertz CT molecular complexity index is 388. The Morgan fingerprint density at radius 2 is 2.00 bits per heavy atom. The van der Waals surface area contributed by atoms with E-state index in [9.17, 15) is 9.59 Å². The molecule has 0 saturated heterocycles. The molecule has 0 spiro atoms. The Kier molecular flexibility index (Phi) is 3.83. The normalized spacial score (nSPS) is 9.86. The van der Waals surface area contributed by atoms with Crippen molar-refractivity contribution >= 4 is 43.6 Å². The summed E-state index contributed by atoms with van der Waals surface area (Å²) in [4.78, 5) is 21.9. The summed E-state index contributed by atoms with van der Waals surface area (Å²) in [6.45, 7) is 0. The van der Waals surface area contributed by atoms with Gasteiger partial charge in [-0.3, -0.25) is 4.79 Å². The van der Waals surface area contributed by atoms with Gasteiger partial charge in [0.15, 0.2) is 5.78 Å². The van der Waals surface area contributed by atoms with Crippen LogP contribution in [0.3, 0.4) is 0 Å². The maximum Gasteiger partial charge on any atom is 0.335 e. The molecule has 0 amide bonds. The fourth-order valence-corrected chi connectivity index (χ4v) is 1.85. The highest BCUT2D eigenvalue weighted by atomic mass is 79.9. The highest BCUT2D eigenvalue weighted by Gasteiger charge is 2.11. The number of hydrogen-bond acceptors (Lipinski definition) is 2. The lowest BCUT2D eigenvalue weighted by Gasteiger charge is -2.02. The molecule has 0 fully saturated rings. The van der Waals surface area contributed by atoms with Gasteiger partial charge < -0.3 is 5.11 Å². The second kappa shape index (κ2) is 4.70. The Morgan fingerprint density at radius 1 is 1.36 bits per heavy atom. The van der Waals surface area contributed by atoms with Gasteiger partial charge in [-0.1, -0.05) is 31.9 Å². The first-order valence-electron chi connectivity index (χ1n) is 3.68. The number of halogens is 2. The highest BCUT2D eigenvalue weighted by Crippen LogP contribution is 2.19. The van der Waals surface area contributed by atoms with E-state index in [2.05, 4.69) is 31.9 Å². The number of hydrogen-bond donors (Lipinski definition) is 1. The molecule has 0 atom stereocenters. The zero-order chi connectivity index (χ0) is 10.7. The van der Waals surface area contributed by atoms with E-state index >= 15 is 0 Å². The lowest BCUT2D eigenvalue weighted by atomic mass is 10.1. The Labute approximate surface area is 97.4 Å². The molecule has 5 heteroatoms. The summed E-state index contributed by atoms with van der Waals surface area (Å²) in [6.07, 6.45) is 0. The van der Waals surface area contributed by atoms with Crippen LogP contribution in [0.1, 0.15) is 20.7 Å². The Balaban J connectivity index is 3.14. The fourth-order valence-electron chi connectivity index (χ4n) is 0.946. The van der Waals surface area contributed by atoms with E-state index in [1.54, 1.807) is 0 Å². The average molecular weight is 322 g/mol. The molecule has 0 bridgehead atoms. The third-order valence-electron chi connectivity index (χ3n) is 1.64. The summed E-state index contributed by atoms with van der Waals surface area (Å²) in [5.74, 6) is -1.10. The number of aromatic carboxylic acids is 1. The summed E-state index contributed by atoms with van der Waals surface area (Å²) in [6, 6.07) is 4.32. The fraction of sp³-hybridized carbons (Fsp3) is 0.111. The lowest BCUT2D eigenvalue weighted by Crippen LogP contribution is -2.03. The molecule has 3 nitrogen and oxygen atoms in total. The van der Waals surface area contributed by atoms with E-state index in [0.29, 0.717) is 10.0 Å². The quantitative estimate of drug-likeness (QED) is 0.688. The number of carbonyl (C=O) groups is 2. The molecule has 74 valence electrons. The van der Waals surface area contributed by atoms with Crippen molar-refractivity contribution in [1.29, 1.82) is 0 Å². The maximum absolute atomic E-state index is 11.3. The first-order chi connectivity index (χ1) is 6.56. The predicted molar refractivity (Wildman–Crippen MR) is 59.2 cm³/mol. The monoisotopic (exact) mass is 320 g/mol. The SMILES string of the molecule is O=C(O)c1ccc(C(=O)CBr)c(Br)c1. The van der Waals surface area contributed by atoms with Crippen LogP contribution in [0.5, 0.6) is 0 Å². The summed E-state index contributed by atoms with van der Waals surface area (Å²) >= 11 is 6.20. The molecule has 14 heavy (non-hydrogen) atoms. The molecule has 0 unspecified atom stereocenters. The maximum atomic E-state index is 11.3. The highest BCUT2D eigenvalue weighted by molar-refractivity contribution is 9.10. The van der Waals surface area contributed by atoms with Crippen molar-refractivity contribution < 1.29 is 14.7 Å². The largest absolute Gasteiger partial charge is 0.478 e. The second-order valence-corrected chi connectivity index (χ2v) is 3.97. The minimum Gasteiger partial charge on any atom is -0.478 e. The molecule has 1 N–H and O–H groups in total. The topological polar surface area (TPSA) is 54.4 Å². The Morgan fingerprint density at radius 3 is 2.43 bits per heavy atom.